The van der Waals surface area contributed by atoms with Crippen LogP contribution >= 0.6 is 0 Å². The molecule has 4 rings (SSSR count). The normalized spacial score (nSPS) is 17.0. The Morgan fingerprint density at radius 3 is 2.47 bits per heavy atom. The highest BCUT2D eigenvalue weighted by Crippen LogP contribution is 2.29. The molecule has 0 aromatic heterocycles. The van der Waals surface area contributed by atoms with E-state index in [0.29, 0.717) is 29.9 Å². The molecular formula is C24H25N3O6S. The van der Waals surface area contributed by atoms with Crippen LogP contribution in [0.3, 0.4) is 0 Å². The molecule has 1 fully saturated rings. The van der Waals surface area contributed by atoms with Crippen molar-refractivity contribution in [2.24, 2.45) is 10.9 Å². The molecule has 3 aromatic carbocycles. The average Bonchev–Trinajstić information content (AvgIpc) is 3.37. The summed E-state index contributed by atoms with van der Waals surface area (Å²) in [5.41, 5.74) is 6.42. The molecule has 3 aromatic rings. The molecule has 2 N–H and O–H groups in total. The predicted octanol–water partition coefficient (Wildman–Crippen LogP) is 2.87. The predicted molar refractivity (Wildman–Crippen MR) is 127 cm³/mol. The van der Waals surface area contributed by atoms with Gasteiger partial charge in [-0.1, -0.05) is 35.5 Å². The lowest BCUT2D eigenvalue weighted by Gasteiger charge is -2.22. The van der Waals surface area contributed by atoms with Gasteiger partial charge in [0.25, 0.3) is 0 Å². The van der Waals surface area contributed by atoms with Crippen LogP contribution in [-0.2, 0) is 19.7 Å². The van der Waals surface area contributed by atoms with E-state index in [1.165, 1.54) is 18.5 Å². The Balaban J connectivity index is 1.52. The second kappa shape index (κ2) is 9.70. The van der Waals surface area contributed by atoms with Gasteiger partial charge in [-0.15, -0.1) is 0 Å². The Kier molecular flexibility index (Phi) is 6.71. The molecule has 0 aliphatic carbocycles. The molecule has 0 spiro atoms. The number of ether oxygens (including phenoxy) is 2. The van der Waals surface area contributed by atoms with Crippen molar-refractivity contribution in [3.63, 3.8) is 0 Å². The molecule has 0 radical (unpaired) electrons. The number of hydrogen-bond donors (Lipinski definition) is 1. The van der Waals surface area contributed by atoms with Gasteiger partial charge in [0, 0.05) is 12.1 Å². The van der Waals surface area contributed by atoms with Crippen LogP contribution in [0.1, 0.15) is 18.4 Å². The number of sulfonamides is 1. The van der Waals surface area contributed by atoms with Crippen molar-refractivity contribution in [3.05, 3.63) is 66.2 Å². The number of methoxy groups -OCH3 is 2. The van der Waals surface area contributed by atoms with Gasteiger partial charge in [0.1, 0.15) is 6.04 Å². The molecule has 1 unspecified atom stereocenters. The van der Waals surface area contributed by atoms with Crippen LogP contribution in [0.15, 0.2) is 70.7 Å². The van der Waals surface area contributed by atoms with Gasteiger partial charge >= 0.3 is 5.97 Å². The van der Waals surface area contributed by atoms with Crippen LogP contribution in [0.2, 0.25) is 0 Å². The van der Waals surface area contributed by atoms with Crippen molar-refractivity contribution in [3.8, 4) is 11.5 Å². The highest BCUT2D eigenvalue weighted by Gasteiger charge is 2.40. The van der Waals surface area contributed by atoms with Crippen molar-refractivity contribution in [1.29, 1.82) is 0 Å². The smallest absolute Gasteiger partial charge is 0.353 e. The zero-order valence-corrected chi connectivity index (χ0v) is 19.6. The van der Waals surface area contributed by atoms with Crippen LogP contribution in [0, 0.1) is 0 Å². The minimum atomic E-state index is -3.91. The molecule has 1 heterocycles. The van der Waals surface area contributed by atoms with Gasteiger partial charge in [0.15, 0.2) is 17.3 Å². The van der Waals surface area contributed by atoms with Crippen LogP contribution < -0.4 is 15.2 Å². The number of amidine groups is 1. The number of fused-ring (bicyclic) bond motifs is 1. The second-order valence-corrected chi connectivity index (χ2v) is 9.63. The molecule has 178 valence electrons. The Morgan fingerprint density at radius 2 is 1.74 bits per heavy atom. The average molecular weight is 484 g/mol. The SMILES string of the molecule is COc1ccc(/C(N)=N/OC(=O)C2CCCN2S(=O)(=O)c2ccc3ccccc3c2)cc1OC. The number of carbonyl (C=O) groups excluding carboxylic acids is 1. The van der Waals surface area contributed by atoms with Crippen LogP contribution in [0.4, 0.5) is 0 Å². The molecular weight excluding hydrogens is 458 g/mol. The van der Waals surface area contributed by atoms with E-state index in [1.54, 1.807) is 36.4 Å². The van der Waals surface area contributed by atoms with Crippen LogP contribution in [-0.4, -0.2) is 51.3 Å². The minimum absolute atomic E-state index is 0.0590. The third-order valence-electron chi connectivity index (χ3n) is 5.72. The van der Waals surface area contributed by atoms with Gasteiger partial charge in [-0.25, -0.2) is 13.2 Å². The molecule has 0 saturated carbocycles. The topological polar surface area (TPSA) is 121 Å². The van der Waals surface area contributed by atoms with Gasteiger partial charge < -0.3 is 20.0 Å². The van der Waals surface area contributed by atoms with Crippen molar-refractivity contribution >= 4 is 32.6 Å². The summed E-state index contributed by atoms with van der Waals surface area (Å²) in [6.07, 6.45) is 0.860. The quantitative estimate of drug-likeness (QED) is 0.237. The standard InChI is InChI=1S/C24H25N3O6S/c1-31-21-12-10-18(15-22(21)32-2)23(25)26-33-24(28)20-8-5-13-27(20)34(29,30)19-11-9-16-6-3-4-7-17(16)14-19/h3-4,6-7,9-12,14-15,20H,5,8,13H2,1-2H3,(H2,25,26). The number of rotatable bonds is 7. The van der Waals surface area contributed by atoms with E-state index in [-0.39, 0.29) is 17.3 Å². The summed E-state index contributed by atoms with van der Waals surface area (Å²) < 4.78 is 38.2. The van der Waals surface area contributed by atoms with E-state index in [4.69, 9.17) is 20.0 Å². The van der Waals surface area contributed by atoms with E-state index in [9.17, 15) is 13.2 Å². The maximum absolute atomic E-state index is 13.3. The van der Waals surface area contributed by atoms with Crippen LogP contribution in [0.25, 0.3) is 10.8 Å². The Labute approximate surface area is 197 Å². The summed E-state index contributed by atoms with van der Waals surface area (Å²) in [6.45, 7) is 0.212. The number of nitrogens with two attached hydrogens (primary N) is 1. The number of hydrogen-bond acceptors (Lipinski definition) is 7. The number of nitrogens with zero attached hydrogens (tertiary/aromatic N) is 2. The van der Waals surface area contributed by atoms with Crippen molar-refractivity contribution < 1.29 is 27.5 Å². The molecule has 34 heavy (non-hydrogen) atoms. The summed E-state index contributed by atoms with van der Waals surface area (Å²) >= 11 is 0. The van der Waals surface area contributed by atoms with Gasteiger partial charge in [-0.3, -0.25) is 0 Å². The largest absolute Gasteiger partial charge is 0.493 e. The molecule has 1 saturated heterocycles. The fourth-order valence-corrected chi connectivity index (χ4v) is 5.61. The first-order valence-electron chi connectivity index (χ1n) is 10.6. The van der Waals surface area contributed by atoms with Crippen molar-refractivity contribution in [2.75, 3.05) is 20.8 Å². The Bertz CT molecular complexity index is 1360. The van der Waals surface area contributed by atoms with E-state index >= 15 is 0 Å². The molecule has 0 amide bonds. The van der Waals surface area contributed by atoms with E-state index < -0.39 is 22.0 Å². The number of carbonyl (C=O) groups is 1. The molecule has 1 atom stereocenters. The number of oxime groups is 1. The zero-order valence-electron chi connectivity index (χ0n) is 18.8. The second-order valence-electron chi connectivity index (χ2n) is 7.74. The minimum Gasteiger partial charge on any atom is -0.493 e. The van der Waals surface area contributed by atoms with Gasteiger partial charge in [-0.05, 0) is 53.9 Å². The first kappa shape index (κ1) is 23.5. The lowest BCUT2D eigenvalue weighted by Crippen LogP contribution is -2.41. The van der Waals surface area contributed by atoms with Crippen molar-refractivity contribution in [2.45, 2.75) is 23.8 Å². The van der Waals surface area contributed by atoms with Crippen LogP contribution in [0.5, 0.6) is 11.5 Å². The number of benzene rings is 3. The Morgan fingerprint density at radius 1 is 1.00 bits per heavy atom. The molecule has 0 bridgehead atoms. The van der Waals surface area contributed by atoms with Gasteiger partial charge in [-0.2, -0.15) is 4.31 Å². The lowest BCUT2D eigenvalue weighted by atomic mass is 10.1. The fraction of sp³-hybridized carbons (Fsp3) is 0.250. The third kappa shape index (κ3) is 4.55. The highest BCUT2D eigenvalue weighted by molar-refractivity contribution is 7.89. The zero-order chi connectivity index (χ0) is 24.3. The maximum atomic E-state index is 13.3. The first-order chi connectivity index (χ1) is 16.3. The molecule has 10 heteroatoms. The summed E-state index contributed by atoms with van der Waals surface area (Å²) in [7, 11) is -0.914. The van der Waals surface area contributed by atoms with Crippen molar-refractivity contribution in [1.82, 2.24) is 4.31 Å². The van der Waals surface area contributed by atoms with E-state index in [1.807, 2.05) is 24.3 Å². The fourth-order valence-electron chi connectivity index (χ4n) is 3.93. The summed E-state index contributed by atoms with van der Waals surface area (Å²) in [4.78, 5) is 17.9. The summed E-state index contributed by atoms with van der Waals surface area (Å²) in [6, 6.07) is 16.3. The highest BCUT2D eigenvalue weighted by atomic mass is 32.2. The third-order valence-corrected chi connectivity index (χ3v) is 7.62. The molecule has 1 aliphatic heterocycles. The molecule has 9 nitrogen and oxygen atoms in total. The lowest BCUT2D eigenvalue weighted by molar-refractivity contribution is -0.147. The van der Waals surface area contributed by atoms with E-state index in [2.05, 4.69) is 5.16 Å². The maximum Gasteiger partial charge on any atom is 0.353 e. The molecule has 1 aliphatic rings. The summed E-state index contributed by atoms with van der Waals surface area (Å²) in [5, 5.41) is 5.46. The van der Waals surface area contributed by atoms with Gasteiger partial charge in [0.2, 0.25) is 10.0 Å². The summed E-state index contributed by atoms with van der Waals surface area (Å²) in [5.74, 6) is 0.103. The van der Waals surface area contributed by atoms with E-state index in [0.717, 1.165) is 10.8 Å². The monoisotopic (exact) mass is 483 g/mol. The first-order valence-corrected chi connectivity index (χ1v) is 12.1. The Hall–Kier alpha value is -3.63. The van der Waals surface area contributed by atoms with Gasteiger partial charge in [0.05, 0.1) is 19.1 Å².